The number of hydrogen-bond donors (Lipinski definition) is 1. The molecule has 1 N–H and O–H groups in total. The first kappa shape index (κ1) is 13.6. The van der Waals surface area contributed by atoms with Gasteiger partial charge in [-0.1, -0.05) is 17.3 Å². The second-order valence-corrected chi connectivity index (χ2v) is 4.20. The average Bonchev–Trinajstić information content (AvgIpc) is 2.85. The first-order valence-corrected chi connectivity index (χ1v) is 6.11. The van der Waals surface area contributed by atoms with E-state index in [4.69, 9.17) is 4.74 Å². The molecule has 0 radical (unpaired) electrons. The van der Waals surface area contributed by atoms with Crippen molar-refractivity contribution in [1.29, 1.82) is 0 Å². The lowest BCUT2D eigenvalue weighted by molar-refractivity contribution is 0.199. The third-order valence-corrected chi connectivity index (χ3v) is 2.63. The standard InChI is InChI=1S/C13H17FN4O/c1-19-7-6-15-8-13-10-18(17-16-13)9-11-2-4-12(14)5-3-11/h2-5,10,15H,6-9H2,1H3. The minimum Gasteiger partial charge on any atom is -0.383 e. The van der Waals surface area contributed by atoms with Crippen LogP contribution in [0.4, 0.5) is 4.39 Å². The molecule has 0 aliphatic heterocycles. The number of aromatic nitrogens is 3. The van der Waals surface area contributed by atoms with Crippen LogP contribution in [-0.4, -0.2) is 35.3 Å². The van der Waals surface area contributed by atoms with Gasteiger partial charge in [0.2, 0.25) is 0 Å². The molecule has 102 valence electrons. The van der Waals surface area contributed by atoms with Gasteiger partial charge in [0.1, 0.15) is 5.82 Å². The van der Waals surface area contributed by atoms with E-state index >= 15 is 0 Å². The summed E-state index contributed by atoms with van der Waals surface area (Å²) >= 11 is 0. The minimum absolute atomic E-state index is 0.231. The van der Waals surface area contributed by atoms with E-state index in [2.05, 4.69) is 15.6 Å². The van der Waals surface area contributed by atoms with E-state index in [1.54, 1.807) is 23.9 Å². The average molecular weight is 264 g/mol. The highest BCUT2D eigenvalue weighted by atomic mass is 19.1. The van der Waals surface area contributed by atoms with E-state index in [-0.39, 0.29) is 5.82 Å². The Morgan fingerprint density at radius 2 is 2.11 bits per heavy atom. The van der Waals surface area contributed by atoms with E-state index in [1.165, 1.54) is 12.1 Å². The molecular formula is C13H17FN4O. The smallest absolute Gasteiger partial charge is 0.123 e. The Balaban J connectivity index is 1.85. The molecule has 0 aliphatic carbocycles. The van der Waals surface area contributed by atoms with Gasteiger partial charge in [-0.05, 0) is 17.7 Å². The number of nitrogens with one attached hydrogen (secondary N) is 1. The molecule has 2 rings (SSSR count). The van der Waals surface area contributed by atoms with Crippen molar-refractivity contribution in [2.24, 2.45) is 0 Å². The van der Waals surface area contributed by atoms with Crippen LogP contribution in [0.3, 0.4) is 0 Å². The Bertz CT molecular complexity index is 498. The van der Waals surface area contributed by atoms with Crippen molar-refractivity contribution >= 4 is 0 Å². The molecule has 5 nitrogen and oxygen atoms in total. The summed E-state index contributed by atoms with van der Waals surface area (Å²) in [5.74, 6) is -0.231. The molecule has 6 heteroatoms. The van der Waals surface area contributed by atoms with Crippen LogP contribution >= 0.6 is 0 Å². The van der Waals surface area contributed by atoms with Crippen LogP contribution < -0.4 is 5.32 Å². The Labute approximate surface area is 111 Å². The molecule has 0 bridgehead atoms. The van der Waals surface area contributed by atoms with Crippen molar-refractivity contribution in [3.63, 3.8) is 0 Å². The monoisotopic (exact) mass is 264 g/mol. The number of benzene rings is 1. The SMILES string of the molecule is COCCNCc1cn(Cc2ccc(F)cc2)nn1. The van der Waals surface area contributed by atoms with Crippen LogP contribution in [0.5, 0.6) is 0 Å². The van der Waals surface area contributed by atoms with Gasteiger partial charge in [-0.15, -0.1) is 5.10 Å². The zero-order valence-electron chi connectivity index (χ0n) is 10.8. The third-order valence-electron chi connectivity index (χ3n) is 2.63. The third kappa shape index (κ3) is 4.42. The zero-order valence-corrected chi connectivity index (χ0v) is 10.8. The molecule has 0 fully saturated rings. The highest BCUT2D eigenvalue weighted by molar-refractivity contribution is 5.16. The van der Waals surface area contributed by atoms with Crippen LogP contribution in [-0.2, 0) is 17.8 Å². The summed E-state index contributed by atoms with van der Waals surface area (Å²) < 4.78 is 19.5. The summed E-state index contributed by atoms with van der Waals surface area (Å²) in [6.07, 6.45) is 1.88. The van der Waals surface area contributed by atoms with Gasteiger partial charge in [-0.2, -0.15) is 0 Å². The molecule has 0 amide bonds. The number of ether oxygens (including phenoxy) is 1. The molecule has 0 aliphatic rings. The second-order valence-electron chi connectivity index (χ2n) is 4.20. The summed E-state index contributed by atoms with van der Waals surface area (Å²) in [6.45, 7) is 2.70. The van der Waals surface area contributed by atoms with Crippen LogP contribution in [0.2, 0.25) is 0 Å². The number of methoxy groups -OCH3 is 1. The van der Waals surface area contributed by atoms with E-state index in [0.717, 1.165) is 17.8 Å². The molecular weight excluding hydrogens is 247 g/mol. The molecule has 0 spiro atoms. The maximum absolute atomic E-state index is 12.8. The highest BCUT2D eigenvalue weighted by Crippen LogP contribution is 2.04. The second kappa shape index (κ2) is 6.96. The predicted molar refractivity (Wildman–Crippen MR) is 69.1 cm³/mol. The lowest BCUT2D eigenvalue weighted by atomic mass is 10.2. The molecule has 19 heavy (non-hydrogen) atoms. The Kier molecular flexibility index (Phi) is 5.00. The van der Waals surface area contributed by atoms with E-state index in [0.29, 0.717) is 19.7 Å². The van der Waals surface area contributed by atoms with Gasteiger partial charge >= 0.3 is 0 Å². The van der Waals surface area contributed by atoms with Crippen molar-refractivity contribution in [2.45, 2.75) is 13.1 Å². The molecule has 1 aromatic heterocycles. The predicted octanol–water partition coefficient (Wildman–Crippen LogP) is 1.20. The molecule has 0 unspecified atom stereocenters. The molecule has 0 saturated carbocycles. The molecule has 0 atom stereocenters. The van der Waals surface area contributed by atoms with Crippen LogP contribution in [0, 0.1) is 5.82 Å². The number of nitrogens with zero attached hydrogens (tertiary/aromatic N) is 3. The topological polar surface area (TPSA) is 52.0 Å². The van der Waals surface area contributed by atoms with Crippen molar-refractivity contribution in [2.75, 3.05) is 20.3 Å². The molecule has 2 aromatic rings. The maximum Gasteiger partial charge on any atom is 0.123 e. The van der Waals surface area contributed by atoms with E-state index < -0.39 is 0 Å². The highest BCUT2D eigenvalue weighted by Gasteiger charge is 2.01. The number of hydrogen-bond acceptors (Lipinski definition) is 4. The normalized spacial score (nSPS) is 10.8. The summed E-state index contributed by atoms with van der Waals surface area (Å²) in [5, 5.41) is 11.3. The van der Waals surface area contributed by atoms with Gasteiger partial charge in [0, 0.05) is 20.2 Å². The zero-order chi connectivity index (χ0) is 13.5. The van der Waals surface area contributed by atoms with Crippen molar-refractivity contribution in [1.82, 2.24) is 20.3 Å². The van der Waals surface area contributed by atoms with Gasteiger partial charge in [-0.25, -0.2) is 9.07 Å². The van der Waals surface area contributed by atoms with Crippen LogP contribution in [0.1, 0.15) is 11.3 Å². The lowest BCUT2D eigenvalue weighted by Crippen LogP contribution is -2.18. The van der Waals surface area contributed by atoms with Gasteiger partial charge in [-0.3, -0.25) is 0 Å². The number of halogens is 1. The summed E-state index contributed by atoms with van der Waals surface area (Å²) in [4.78, 5) is 0. The Morgan fingerprint density at radius 3 is 2.84 bits per heavy atom. The Hall–Kier alpha value is -1.79. The minimum atomic E-state index is -0.231. The maximum atomic E-state index is 12.8. The van der Waals surface area contributed by atoms with Gasteiger partial charge < -0.3 is 10.1 Å². The fraction of sp³-hybridized carbons (Fsp3) is 0.385. The van der Waals surface area contributed by atoms with Crippen molar-refractivity contribution < 1.29 is 9.13 Å². The summed E-state index contributed by atoms with van der Waals surface area (Å²) in [5.41, 5.74) is 1.86. The Morgan fingerprint density at radius 1 is 1.32 bits per heavy atom. The number of rotatable bonds is 7. The summed E-state index contributed by atoms with van der Waals surface area (Å²) in [7, 11) is 1.67. The van der Waals surface area contributed by atoms with Crippen molar-refractivity contribution in [3.8, 4) is 0 Å². The van der Waals surface area contributed by atoms with Gasteiger partial charge in [0.05, 0.1) is 25.0 Å². The van der Waals surface area contributed by atoms with Crippen LogP contribution in [0.25, 0.3) is 0 Å². The molecule has 0 saturated heterocycles. The quantitative estimate of drug-likeness (QED) is 0.764. The fourth-order valence-corrected chi connectivity index (χ4v) is 1.66. The van der Waals surface area contributed by atoms with E-state index in [9.17, 15) is 4.39 Å². The van der Waals surface area contributed by atoms with Crippen molar-refractivity contribution in [3.05, 3.63) is 47.5 Å². The largest absolute Gasteiger partial charge is 0.383 e. The van der Waals surface area contributed by atoms with Crippen LogP contribution in [0.15, 0.2) is 30.5 Å². The molecule has 1 aromatic carbocycles. The lowest BCUT2D eigenvalue weighted by Gasteiger charge is -2.01. The van der Waals surface area contributed by atoms with Gasteiger partial charge in [0.25, 0.3) is 0 Å². The first-order chi connectivity index (χ1) is 9.28. The van der Waals surface area contributed by atoms with Gasteiger partial charge in [0.15, 0.2) is 0 Å². The first-order valence-electron chi connectivity index (χ1n) is 6.11. The van der Waals surface area contributed by atoms with E-state index in [1.807, 2.05) is 6.20 Å². The fourth-order valence-electron chi connectivity index (χ4n) is 1.66. The molecule has 1 heterocycles. The summed E-state index contributed by atoms with van der Waals surface area (Å²) in [6, 6.07) is 6.38.